The number of anilines is 1. The van der Waals surface area contributed by atoms with E-state index in [2.05, 4.69) is 16.4 Å². The molecule has 1 amide bonds. The molecule has 0 aliphatic rings. The largest absolute Gasteiger partial charge is 0.416 e. The van der Waals surface area contributed by atoms with Crippen molar-refractivity contribution in [1.29, 1.82) is 0 Å². The van der Waals surface area contributed by atoms with Crippen LogP contribution in [0.2, 0.25) is 0 Å². The molecule has 0 bridgehead atoms. The van der Waals surface area contributed by atoms with E-state index in [0.29, 0.717) is 17.1 Å². The summed E-state index contributed by atoms with van der Waals surface area (Å²) in [6.07, 6.45) is -2.15. The number of aromatic nitrogens is 1. The number of alkyl halides is 3. The SMILES string of the molecule is Cc1cccc(Cc2cnc(NC(=O)Cc3cccc(C(F)(F)F)c3)s2)c1. The number of aryl methyl sites for hydroxylation is 1. The molecule has 3 nitrogen and oxygen atoms in total. The average Bonchev–Trinajstić information content (AvgIpc) is 3.01. The lowest BCUT2D eigenvalue weighted by atomic mass is 10.1. The summed E-state index contributed by atoms with van der Waals surface area (Å²) in [4.78, 5) is 17.3. The van der Waals surface area contributed by atoms with Crippen LogP contribution in [0.4, 0.5) is 18.3 Å². The molecule has 2 aromatic carbocycles. The van der Waals surface area contributed by atoms with Gasteiger partial charge in [0.15, 0.2) is 5.13 Å². The van der Waals surface area contributed by atoms with Crippen LogP contribution in [0.15, 0.2) is 54.7 Å². The second-order valence-corrected chi connectivity index (χ2v) is 7.34. The normalized spacial score (nSPS) is 11.4. The summed E-state index contributed by atoms with van der Waals surface area (Å²) in [5.74, 6) is -0.397. The fourth-order valence-electron chi connectivity index (χ4n) is 2.68. The van der Waals surface area contributed by atoms with E-state index in [0.717, 1.165) is 22.6 Å². The molecule has 3 aromatic rings. The minimum Gasteiger partial charge on any atom is -0.302 e. The molecular weight excluding hydrogens is 373 g/mol. The molecule has 1 aromatic heterocycles. The van der Waals surface area contributed by atoms with E-state index in [1.54, 1.807) is 6.20 Å². The number of hydrogen-bond acceptors (Lipinski definition) is 3. The van der Waals surface area contributed by atoms with Gasteiger partial charge in [-0.1, -0.05) is 48.0 Å². The van der Waals surface area contributed by atoms with Gasteiger partial charge in [0.25, 0.3) is 0 Å². The molecule has 0 radical (unpaired) electrons. The van der Waals surface area contributed by atoms with Crippen LogP contribution >= 0.6 is 11.3 Å². The maximum absolute atomic E-state index is 12.7. The Labute approximate surface area is 158 Å². The molecule has 0 saturated carbocycles. The van der Waals surface area contributed by atoms with Gasteiger partial charge in [-0.05, 0) is 24.1 Å². The van der Waals surface area contributed by atoms with E-state index in [1.807, 2.05) is 25.1 Å². The molecule has 7 heteroatoms. The molecule has 27 heavy (non-hydrogen) atoms. The number of nitrogens with zero attached hydrogens (tertiary/aromatic N) is 1. The second kappa shape index (κ2) is 7.92. The molecular formula is C20H17F3N2OS. The van der Waals surface area contributed by atoms with E-state index < -0.39 is 17.6 Å². The molecule has 0 atom stereocenters. The van der Waals surface area contributed by atoms with Gasteiger partial charge < -0.3 is 5.32 Å². The molecule has 140 valence electrons. The van der Waals surface area contributed by atoms with Crippen LogP contribution in [0.1, 0.15) is 27.1 Å². The van der Waals surface area contributed by atoms with E-state index in [1.165, 1.54) is 29.0 Å². The molecule has 0 aliphatic heterocycles. The highest BCUT2D eigenvalue weighted by Crippen LogP contribution is 2.29. The number of thiazole rings is 1. The maximum Gasteiger partial charge on any atom is 0.416 e. The first-order valence-electron chi connectivity index (χ1n) is 8.26. The van der Waals surface area contributed by atoms with Gasteiger partial charge in [-0.15, -0.1) is 11.3 Å². The first-order valence-corrected chi connectivity index (χ1v) is 9.07. The molecule has 3 rings (SSSR count). The molecule has 0 aliphatic carbocycles. The fourth-order valence-corrected chi connectivity index (χ4v) is 3.54. The fraction of sp³-hybridized carbons (Fsp3) is 0.200. The van der Waals surface area contributed by atoms with Gasteiger partial charge in [0.05, 0.1) is 12.0 Å². The average molecular weight is 390 g/mol. The van der Waals surface area contributed by atoms with Crippen LogP contribution < -0.4 is 5.32 Å². The smallest absolute Gasteiger partial charge is 0.302 e. The van der Waals surface area contributed by atoms with Crippen molar-refractivity contribution in [2.45, 2.75) is 25.9 Å². The highest BCUT2D eigenvalue weighted by molar-refractivity contribution is 7.15. The Balaban J connectivity index is 1.61. The molecule has 0 unspecified atom stereocenters. The molecule has 0 saturated heterocycles. The van der Waals surface area contributed by atoms with Crippen molar-refractivity contribution in [3.05, 3.63) is 81.9 Å². The van der Waals surface area contributed by atoms with Crippen LogP contribution in [0.25, 0.3) is 0 Å². The van der Waals surface area contributed by atoms with Crippen molar-refractivity contribution < 1.29 is 18.0 Å². The standard InChI is InChI=1S/C20H17F3N2OS/c1-13-4-2-5-14(8-13)10-17-12-24-19(27-17)25-18(26)11-15-6-3-7-16(9-15)20(21,22)23/h2-9,12H,10-11H2,1H3,(H,24,25,26). The quantitative estimate of drug-likeness (QED) is 0.647. The summed E-state index contributed by atoms with van der Waals surface area (Å²) in [6.45, 7) is 2.02. The van der Waals surface area contributed by atoms with Crippen LogP contribution in [0, 0.1) is 6.92 Å². The Hall–Kier alpha value is -2.67. The second-order valence-electron chi connectivity index (χ2n) is 6.22. The topological polar surface area (TPSA) is 42.0 Å². The zero-order valence-corrected chi connectivity index (χ0v) is 15.3. The van der Waals surface area contributed by atoms with E-state index in [-0.39, 0.29) is 6.42 Å². The van der Waals surface area contributed by atoms with Crippen molar-refractivity contribution in [2.24, 2.45) is 0 Å². The predicted octanol–water partition coefficient (Wildman–Crippen LogP) is 5.24. The van der Waals surface area contributed by atoms with Gasteiger partial charge in [-0.2, -0.15) is 13.2 Å². The Morgan fingerprint density at radius 1 is 1.11 bits per heavy atom. The van der Waals surface area contributed by atoms with Crippen molar-refractivity contribution >= 4 is 22.4 Å². The summed E-state index contributed by atoms with van der Waals surface area (Å²) in [7, 11) is 0. The first-order chi connectivity index (χ1) is 12.8. The monoisotopic (exact) mass is 390 g/mol. The number of hydrogen-bond donors (Lipinski definition) is 1. The first kappa shape index (κ1) is 19.1. The van der Waals surface area contributed by atoms with Crippen LogP contribution in [-0.2, 0) is 23.8 Å². The lowest BCUT2D eigenvalue weighted by Gasteiger charge is -2.08. The van der Waals surface area contributed by atoms with Gasteiger partial charge in [0, 0.05) is 17.5 Å². The zero-order valence-electron chi connectivity index (χ0n) is 14.5. The minimum absolute atomic E-state index is 0.142. The maximum atomic E-state index is 12.7. The molecule has 1 N–H and O–H groups in total. The molecule has 0 spiro atoms. The number of carbonyl (C=O) groups is 1. The third-order valence-corrected chi connectivity index (χ3v) is 4.79. The number of nitrogens with one attached hydrogen (secondary N) is 1. The van der Waals surface area contributed by atoms with Crippen molar-refractivity contribution in [3.8, 4) is 0 Å². The Morgan fingerprint density at radius 3 is 2.59 bits per heavy atom. The highest BCUT2D eigenvalue weighted by atomic mass is 32.1. The number of carbonyl (C=O) groups excluding carboxylic acids is 1. The number of halogens is 3. The Kier molecular flexibility index (Phi) is 5.60. The van der Waals surface area contributed by atoms with Crippen LogP contribution in [0.3, 0.4) is 0 Å². The molecule has 1 heterocycles. The summed E-state index contributed by atoms with van der Waals surface area (Å²) in [6, 6.07) is 12.9. The Bertz CT molecular complexity index is 950. The minimum atomic E-state index is -4.42. The van der Waals surface area contributed by atoms with Gasteiger partial charge in [-0.25, -0.2) is 4.98 Å². The number of amides is 1. The summed E-state index contributed by atoms with van der Waals surface area (Å²) in [5.41, 5.74) is 1.87. The van der Waals surface area contributed by atoms with Crippen molar-refractivity contribution in [3.63, 3.8) is 0 Å². The van der Waals surface area contributed by atoms with Gasteiger partial charge in [0.2, 0.25) is 5.91 Å². The number of benzene rings is 2. The molecule has 0 fully saturated rings. The lowest BCUT2D eigenvalue weighted by molar-refractivity contribution is -0.137. The van der Waals surface area contributed by atoms with E-state index in [4.69, 9.17) is 0 Å². The van der Waals surface area contributed by atoms with Crippen LogP contribution in [-0.4, -0.2) is 10.9 Å². The van der Waals surface area contributed by atoms with E-state index in [9.17, 15) is 18.0 Å². The van der Waals surface area contributed by atoms with Gasteiger partial charge >= 0.3 is 6.18 Å². The predicted molar refractivity (Wildman–Crippen MR) is 99.9 cm³/mol. The third-order valence-electron chi connectivity index (χ3n) is 3.88. The highest BCUT2D eigenvalue weighted by Gasteiger charge is 2.30. The number of rotatable bonds is 5. The Morgan fingerprint density at radius 2 is 1.85 bits per heavy atom. The summed E-state index contributed by atoms with van der Waals surface area (Å²) >= 11 is 1.36. The van der Waals surface area contributed by atoms with Gasteiger partial charge in [0.1, 0.15) is 0 Å². The van der Waals surface area contributed by atoms with Crippen LogP contribution in [0.5, 0.6) is 0 Å². The van der Waals surface area contributed by atoms with Gasteiger partial charge in [-0.3, -0.25) is 4.79 Å². The van der Waals surface area contributed by atoms with Crippen molar-refractivity contribution in [2.75, 3.05) is 5.32 Å². The zero-order chi connectivity index (χ0) is 19.4. The van der Waals surface area contributed by atoms with Crippen molar-refractivity contribution in [1.82, 2.24) is 4.98 Å². The lowest BCUT2D eigenvalue weighted by Crippen LogP contribution is -2.15. The van der Waals surface area contributed by atoms with E-state index >= 15 is 0 Å². The summed E-state index contributed by atoms with van der Waals surface area (Å²) in [5, 5.41) is 3.09. The third kappa shape index (κ3) is 5.40. The summed E-state index contributed by atoms with van der Waals surface area (Å²) < 4.78 is 38.2.